The zero-order chi connectivity index (χ0) is 32.9. The van der Waals surface area contributed by atoms with E-state index in [9.17, 15) is 19.2 Å². The average Bonchev–Trinajstić information content (AvgIpc) is 3.31. The SMILES string of the molecule is COC(=O)c1c(NC(=O)C(Sc2cccc(NC(=O)CC(C)(C)C)c2)c2ccccc2)sc2c1CCN(C(=O)OC(C)(C)C)C2. The topological polar surface area (TPSA) is 114 Å². The third-order valence-electron chi connectivity index (χ3n) is 6.74. The number of thioether (sulfide) groups is 1. The Kier molecular flexibility index (Phi) is 10.7. The number of carbonyl (C=O) groups is 4. The molecule has 0 saturated carbocycles. The molecule has 3 aromatic rings. The van der Waals surface area contributed by atoms with Gasteiger partial charge in [-0.05, 0) is 61.9 Å². The first-order chi connectivity index (χ1) is 21.1. The number of carbonyl (C=O) groups excluding carboxylic acids is 4. The molecule has 2 N–H and O–H groups in total. The summed E-state index contributed by atoms with van der Waals surface area (Å²) in [7, 11) is 1.31. The molecule has 1 aliphatic rings. The maximum atomic E-state index is 14.0. The summed E-state index contributed by atoms with van der Waals surface area (Å²) in [6.45, 7) is 12.1. The smallest absolute Gasteiger partial charge is 0.410 e. The molecule has 1 aliphatic heterocycles. The number of thiophene rings is 1. The largest absolute Gasteiger partial charge is 0.465 e. The molecule has 45 heavy (non-hydrogen) atoms. The summed E-state index contributed by atoms with van der Waals surface area (Å²) >= 11 is 2.61. The number of nitrogens with one attached hydrogen (secondary N) is 2. The van der Waals surface area contributed by atoms with Crippen LogP contribution >= 0.6 is 23.1 Å². The van der Waals surface area contributed by atoms with Crippen LogP contribution in [0.3, 0.4) is 0 Å². The van der Waals surface area contributed by atoms with Crippen LogP contribution in [0.5, 0.6) is 0 Å². The number of hydrogen-bond acceptors (Lipinski definition) is 8. The van der Waals surface area contributed by atoms with Gasteiger partial charge in [-0.25, -0.2) is 9.59 Å². The summed E-state index contributed by atoms with van der Waals surface area (Å²) in [5.74, 6) is -0.943. The average molecular weight is 652 g/mol. The predicted molar refractivity (Wildman–Crippen MR) is 179 cm³/mol. The minimum absolute atomic E-state index is 0.0794. The van der Waals surface area contributed by atoms with Crippen LogP contribution in [-0.4, -0.2) is 48.0 Å². The van der Waals surface area contributed by atoms with E-state index in [1.54, 1.807) is 4.90 Å². The monoisotopic (exact) mass is 651 g/mol. The van der Waals surface area contributed by atoms with Gasteiger partial charge < -0.3 is 25.0 Å². The van der Waals surface area contributed by atoms with E-state index in [1.165, 1.54) is 30.2 Å². The molecule has 3 amide bonds. The lowest BCUT2D eigenvalue weighted by molar-refractivity contribution is -0.118. The van der Waals surface area contributed by atoms with Crippen molar-refractivity contribution in [1.29, 1.82) is 0 Å². The first-order valence-electron chi connectivity index (χ1n) is 14.8. The van der Waals surface area contributed by atoms with Crippen molar-refractivity contribution in [3.05, 3.63) is 76.2 Å². The van der Waals surface area contributed by atoms with Gasteiger partial charge in [-0.15, -0.1) is 23.1 Å². The van der Waals surface area contributed by atoms with E-state index in [-0.39, 0.29) is 23.8 Å². The van der Waals surface area contributed by atoms with Gasteiger partial charge in [-0.2, -0.15) is 0 Å². The molecule has 4 rings (SSSR count). The molecule has 11 heteroatoms. The van der Waals surface area contributed by atoms with E-state index in [0.29, 0.717) is 35.6 Å². The van der Waals surface area contributed by atoms with E-state index in [0.717, 1.165) is 20.9 Å². The second kappa shape index (κ2) is 14.1. The molecule has 0 radical (unpaired) electrons. The Hall–Kier alpha value is -3.83. The van der Waals surface area contributed by atoms with E-state index >= 15 is 0 Å². The lowest BCUT2D eigenvalue weighted by Crippen LogP contribution is -2.39. The highest BCUT2D eigenvalue weighted by Crippen LogP contribution is 2.41. The molecule has 2 heterocycles. The van der Waals surface area contributed by atoms with Crippen LogP contribution in [0.1, 0.15) is 79.6 Å². The Morgan fingerprint density at radius 1 is 0.978 bits per heavy atom. The molecule has 0 saturated heterocycles. The first-order valence-corrected chi connectivity index (χ1v) is 16.5. The van der Waals surface area contributed by atoms with E-state index in [4.69, 9.17) is 9.47 Å². The van der Waals surface area contributed by atoms with Crippen LogP contribution in [0.25, 0.3) is 0 Å². The quantitative estimate of drug-likeness (QED) is 0.190. The Morgan fingerprint density at radius 2 is 1.69 bits per heavy atom. The third-order valence-corrected chi connectivity index (χ3v) is 9.12. The maximum absolute atomic E-state index is 14.0. The summed E-state index contributed by atoms with van der Waals surface area (Å²) in [5, 5.41) is 5.68. The lowest BCUT2D eigenvalue weighted by Gasteiger charge is -2.30. The molecule has 0 fully saturated rings. The standard InChI is InChI=1S/C34H41N3O6S2/c1-33(2,3)19-26(38)35-22-14-11-15-23(18-22)44-28(21-12-9-8-10-13-21)29(39)36-30-27(31(40)42-7)24-16-17-37(20-25(24)45-30)32(41)43-34(4,5)6/h8-15,18,28H,16-17,19-20H2,1-7H3,(H,35,38)(H,36,39). The highest BCUT2D eigenvalue weighted by molar-refractivity contribution is 8.00. The molecule has 0 spiro atoms. The molecule has 240 valence electrons. The minimum Gasteiger partial charge on any atom is -0.465 e. The second-order valence-electron chi connectivity index (χ2n) is 13.1. The number of esters is 1. The van der Waals surface area contributed by atoms with Crippen LogP contribution in [0.15, 0.2) is 59.5 Å². The van der Waals surface area contributed by atoms with Gasteiger partial charge in [0.05, 0.1) is 19.2 Å². The Balaban J connectivity index is 1.60. The van der Waals surface area contributed by atoms with Gasteiger partial charge in [0.15, 0.2) is 0 Å². The molecule has 0 aliphatic carbocycles. The number of ether oxygens (including phenoxy) is 2. The van der Waals surface area contributed by atoms with E-state index in [2.05, 4.69) is 10.6 Å². The predicted octanol–water partition coefficient (Wildman–Crippen LogP) is 7.67. The van der Waals surface area contributed by atoms with Gasteiger partial charge in [0.1, 0.15) is 15.9 Å². The van der Waals surface area contributed by atoms with E-state index in [1.807, 2.05) is 96.1 Å². The molecular weight excluding hydrogens is 611 g/mol. The Morgan fingerprint density at radius 3 is 2.33 bits per heavy atom. The molecule has 0 bridgehead atoms. The van der Waals surface area contributed by atoms with Crippen LogP contribution < -0.4 is 10.6 Å². The fraction of sp³-hybridized carbons (Fsp3) is 0.412. The second-order valence-corrected chi connectivity index (χ2v) is 15.3. The molecule has 1 atom stereocenters. The fourth-order valence-electron chi connectivity index (χ4n) is 4.84. The van der Waals surface area contributed by atoms with Crippen molar-refractivity contribution in [2.75, 3.05) is 24.3 Å². The van der Waals surface area contributed by atoms with Gasteiger partial charge in [-0.1, -0.05) is 57.2 Å². The summed E-state index contributed by atoms with van der Waals surface area (Å²) in [4.78, 5) is 55.5. The van der Waals surface area contributed by atoms with Crippen molar-refractivity contribution in [2.45, 2.75) is 76.7 Å². The number of rotatable bonds is 8. The minimum atomic E-state index is -0.672. The van der Waals surface area contributed by atoms with Gasteiger partial charge in [0.25, 0.3) is 0 Å². The van der Waals surface area contributed by atoms with Crippen molar-refractivity contribution in [3.8, 4) is 0 Å². The highest BCUT2D eigenvalue weighted by Gasteiger charge is 2.33. The molecule has 9 nitrogen and oxygen atoms in total. The Bertz CT molecular complexity index is 1560. The number of hydrogen-bond donors (Lipinski definition) is 2. The van der Waals surface area contributed by atoms with Crippen molar-refractivity contribution in [3.63, 3.8) is 0 Å². The molecule has 1 aromatic heterocycles. The highest BCUT2D eigenvalue weighted by atomic mass is 32.2. The maximum Gasteiger partial charge on any atom is 0.410 e. The normalized spacial score (nSPS) is 13.8. The molecule has 2 aromatic carbocycles. The third kappa shape index (κ3) is 9.34. The first kappa shape index (κ1) is 34.1. The van der Waals surface area contributed by atoms with Crippen LogP contribution in [0.4, 0.5) is 15.5 Å². The van der Waals surface area contributed by atoms with Gasteiger partial charge >= 0.3 is 12.1 Å². The number of methoxy groups -OCH3 is 1. The zero-order valence-electron chi connectivity index (χ0n) is 26.8. The van der Waals surface area contributed by atoms with Crippen molar-refractivity contribution in [1.82, 2.24) is 4.90 Å². The molecular formula is C34H41N3O6S2. The number of anilines is 2. The summed E-state index contributed by atoms with van der Waals surface area (Å²) in [6, 6.07) is 16.8. The number of nitrogens with zero attached hydrogens (tertiary/aromatic N) is 1. The Labute approximate surface area is 273 Å². The van der Waals surface area contributed by atoms with Crippen molar-refractivity contribution < 1.29 is 28.7 Å². The number of fused-ring (bicyclic) bond motifs is 1. The van der Waals surface area contributed by atoms with Crippen molar-refractivity contribution >= 4 is 57.7 Å². The molecule has 1 unspecified atom stereocenters. The van der Waals surface area contributed by atoms with E-state index < -0.39 is 22.9 Å². The summed E-state index contributed by atoms with van der Waals surface area (Å²) in [6.07, 6.45) is 0.377. The summed E-state index contributed by atoms with van der Waals surface area (Å²) < 4.78 is 10.7. The number of benzene rings is 2. The van der Waals surface area contributed by atoms with Gasteiger partial charge in [-0.3, -0.25) is 9.59 Å². The van der Waals surface area contributed by atoms with Crippen LogP contribution in [0.2, 0.25) is 0 Å². The summed E-state index contributed by atoms with van der Waals surface area (Å²) in [5.41, 5.74) is 1.73. The fourth-order valence-corrected chi connectivity index (χ4v) is 7.18. The lowest BCUT2D eigenvalue weighted by atomic mass is 9.92. The van der Waals surface area contributed by atoms with Crippen LogP contribution in [-0.2, 0) is 32.0 Å². The number of amides is 3. The van der Waals surface area contributed by atoms with Gasteiger partial charge in [0, 0.05) is 28.4 Å². The van der Waals surface area contributed by atoms with Crippen LogP contribution in [0, 0.1) is 5.41 Å². The van der Waals surface area contributed by atoms with Gasteiger partial charge in [0.2, 0.25) is 11.8 Å². The zero-order valence-corrected chi connectivity index (χ0v) is 28.4. The van der Waals surface area contributed by atoms with Crippen molar-refractivity contribution in [2.24, 2.45) is 5.41 Å².